The smallest absolute Gasteiger partial charge is 0.432 e. The first kappa shape index (κ1) is 11.4. The molecule has 1 rings (SSSR count). The van der Waals surface area contributed by atoms with Crippen LogP contribution in [0.4, 0.5) is 4.79 Å². The molecule has 0 aromatic rings. The third-order valence-corrected chi connectivity index (χ3v) is 1.42. The maximum absolute atomic E-state index is 11.4. The Kier molecular flexibility index (Phi) is 3.60. The Morgan fingerprint density at radius 3 is 2.87 bits per heavy atom. The number of carbonyl (C=O) groups excluding carboxylic acids is 1. The van der Waals surface area contributed by atoms with E-state index in [2.05, 4.69) is 5.32 Å². The van der Waals surface area contributed by atoms with Gasteiger partial charge >= 0.3 is 6.09 Å². The van der Waals surface area contributed by atoms with Gasteiger partial charge in [-0.1, -0.05) is 0 Å². The SMILES string of the molecule is CC(C)(C)NC(=O)ON1C=CC=COC1. The fraction of sp³-hybridized carbons (Fsp3) is 0.500. The van der Waals surface area contributed by atoms with Crippen LogP contribution in [0.2, 0.25) is 0 Å². The van der Waals surface area contributed by atoms with Crippen molar-refractivity contribution in [2.75, 3.05) is 6.73 Å². The van der Waals surface area contributed by atoms with E-state index < -0.39 is 6.09 Å². The molecule has 1 N–H and O–H groups in total. The highest BCUT2D eigenvalue weighted by Gasteiger charge is 2.16. The summed E-state index contributed by atoms with van der Waals surface area (Å²) in [5.41, 5.74) is -0.314. The van der Waals surface area contributed by atoms with Gasteiger partial charge in [0.1, 0.15) is 0 Å². The Bertz CT molecular complexity index is 279. The average molecular weight is 212 g/mol. The van der Waals surface area contributed by atoms with Crippen molar-refractivity contribution in [2.45, 2.75) is 26.3 Å². The third-order valence-electron chi connectivity index (χ3n) is 1.42. The number of amides is 1. The highest BCUT2D eigenvalue weighted by atomic mass is 16.7. The largest absolute Gasteiger partial charge is 0.478 e. The van der Waals surface area contributed by atoms with E-state index in [0.717, 1.165) is 0 Å². The van der Waals surface area contributed by atoms with Crippen LogP contribution in [0.3, 0.4) is 0 Å². The predicted octanol–water partition coefficient (Wildman–Crippen LogP) is 1.74. The Morgan fingerprint density at radius 1 is 1.47 bits per heavy atom. The van der Waals surface area contributed by atoms with E-state index in [1.165, 1.54) is 11.3 Å². The van der Waals surface area contributed by atoms with E-state index >= 15 is 0 Å². The molecule has 1 aliphatic rings. The van der Waals surface area contributed by atoms with Crippen LogP contribution in [0.5, 0.6) is 0 Å². The number of nitrogens with zero attached hydrogens (tertiary/aromatic N) is 1. The molecule has 15 heavy (non-hydrogen) atoms. The number of allylic oxidation sites excluding steroid dienone is 2. The molecular weight excluding hydrogens is 196 g/mol. The minimum Gasteiger partial charge on any atom is -0.478 e. The lowest BCUT2D eigenvalue weighted by molar-refractivity contribution is -0.109. The fourth-order valence-corrected chi connectivity index (χ4v) is 0.898. The van der Waals surface area contributed by atoms with Gasteiger partial charge in [0.05, 0.1) is 6.26 Å². The van der Waals surface area contributed by atoms with Gasteiger partial charge in [0.15, 0.2) is 6.73 Å². The van der Waals surface area contributed by atoms with Crippen LogP contribution >= 0.6 is 0 Å². The van der Waals surface area contributed by atoms with Crippen molar-refractivity contribution in [3.05, 3.63) is 24.6 Å². The molecule has 0 aromatic heterocycles. The third kappa shape index (κ3) is 4.95. The highest BCUT2D eigenvalue weighted by molar-refractivity contribution is 5.67. The van der Waals surface area contributed by atoms with Crippen LogP contribution in [0.25, 0.3) is 0 Å². The number of carbonyl (C=O) groups is 1. The summed E-state index contributed by atoms with van der Waals surface area (Å²) in [4.78, 5) is 16.3. The summed E-state index contributed by atoms with van der Waals surface area (Å²) in [6, 6.07) is 0. The van der Waals surface area contributed by atoms with Crippen molar-refractivity contribution in [3.8, 4) is 0 Å². The summed E-state index contributed by atoms with van der Waals surface area (Å²) >= 11 is 0. The molecule has 0 atom stereocenters. The number of hydroxylamine groups is 2. The molecule has 5 heteroatoms. The maximum atomic E-state index is 11.4. The molecule has 1 aliphatic heterocycles. The van der Waals surface area contributed by atoms with Crippen LogP contribution in [0.15, 0.2) is 24.6 Å². The first-order valence-corrected chi connectivity index (χ1v) is 4.69. The van der Waals surface area contributed by atoms with E-state index in [1.807, 2.05) is 20.8 Å². The standard InChI is InChI=1S/C10H16N2O3/c1-10(2,3)11-9(13)15-12-6-4-5-7-14-8-12/h4-7H,8H2,1-3H3,(H,11,13). The van der Waals surface area contributed by atoms with Gasteiger partial charge in [0.2, 0.25) is 0 Å². The van der Waals surface area contributed by atoms with Crippen LogP contribution in [-0.4, -0.2) is 23.4 Å². The molecule has 0 saturated carbocycles. The molecule has 0 saturated heterocycles. The minimum absolute atomic E-state index is 0.185. The summed E-state index contributed by atoms with van der Waals surface area (Å²) in [5.74, 6) is 0. The summed E-state index contributed by atoms with van der Waals surface area (Å²) in [6.45, 7) is 5.82. The maximum Gasteiger partial charge on any atom is 0.432 e. The van der Waals surface area contributed by atoms with Crippen molar-refractivity contribution in [1.82, 2.24) is 10.4 Å². The average Bonchev–Trinajstić information content (AvgIpc) is 2.28. The Morgan fingerprint density at radius 2 is 2.20 bits per heavy atom. The lowest BCUT2D eigenvalue weighted by Crippen LogP contribution is -2.43. The number of hydrogen-bond acceptors (Lipinski definition) is 4. The normalized spacial score (nSPS) is 15.5. The minimum atomic E-state index is -0.502. The van der Waals surface area contributed by atoms with E-state index in [4.69, 9.17) is 9.57 Å². The van der Waals surface area contributed by atoms with Gasteiger partial charge in [-0.05, 0) is 32.9 Å². The van der Waals surface area contributed by atoms with Crippen molar-refractivity contribution in [3.63, 3.8) is 0 Å². The molecule has 0 radical (unpaired) electrons. The summed E-state index contributed by atoms with van der Waals surface area (Å²) in [7, 11) is 0. The second-order valence-electron chi connectivity index (χ2n) is 4.14. The molecule has 0 bridgehead atoms. The van der Waals surface area contributed by atoms with Crippen molar-refractivity contribution >= 4 is 6.09 Å². The number of nitrogens with one attached hydrogen (secondary N) is 1. The Labute approximate surface area is 89.3 Å². The Balaban J connectivity index is 2.38. The molecule has 0 aromatic carbocycles. The zero-order chi connectivity index (χ0) is 11.3. The fourth-order valence-electron chi connectivity index (χ4n) is 0.898. The van der Waals surface area contributed by atoms with Crippen molar-refractivity contribution in [2.24, 2.45) is 0 Å². The topological polar surface area (TPSA) is 50.8 Å². The second-order valence-corrected chi connectivity index (χ2v) is 4.14. The first-order valence-electron chi connectivity index (χ1n) is 4.69. The van der Waals surface area contributed by atoms with Crippen LogP contribution in [0, 0.1) is 0 Å². The number of hydrogen-bond donors (Lipinski definition) is 1. The lowest BCUT2D eigenvalue weighted by Gasteiger charge is -2.23. The molecular formula is C10H16N2O3. The van der Waals surface area contributed by atoms with Gasteiger partial charge in [0.25, 0.3) is 0 Å². The van der Waals surface area contributed by atoms with Crippen LogP contribution in [-0.2, 0) is 9.57 Å². The van der Waals surface area contributed by atoms with Gasteiger partial charge in [-0.3, -0.25) is 0 Å². The van der Waals surface area contributed by atoms with Gasteiger partial charge in [0, 0.05) is 11.7 Å². The molecule has 5 nitrogen and oxygen atoms in total. The molecule has 0 fully saturated rings. The lowest BCUT2D eigenvalue weighted by atomic mass is 10.1. The molecule has 0 spiro atoms. The number of rotatable bonds is 1. The molecule has 1 heterocycles. The summed E-state index contributed by atoms with van der Waals surface area (Å²) in [6.07, 6.45) is 6.08. The van der Waals surface area contributed by atoms with Gasteiger partial charge in [-0.2, -0.15) is 5.06 Å². The first-order chi connectivity index (χ1) is 6.97. The highest BCUT2D eigenvalue weighted by Crippen LogP contribution is 2.03. The summed E-state index contributed by atoms with van der Waals surface area (Å²) < 4.78 is 5.02. The zero-order valence-electron chi connectivity index (χ0n) is 9.19. The molecule has 84 valence electrons. The Hall–Kier alpha value is -1.65. The molecule has 1 amide bonds. The molecule has 0 unspecified atom stereocenters. The predicted molar refractivity (Wildman–Crippen MR) is 55.4 cm³/mol. The molecule has 0 aliphatic carbocycles. The van der Waals surface area contributed by atoms with E-state index in [0.29, 0.717) is 0 Å². The van der Waals surface area contributed by atoms with Gasteiger partial charge in [-0.25, -0.2) is 4.79 Å². The monoisotopic (exact) mass is 212 g/mol. The van der Waals surface area contributed by atoms with Crippen molar-refractivity contribution < 1.29 is 14.4 Å². The second kappa shape index (κ2) is 4.72. The van der Waals surface area contributed by atoms with Gasteiger partial charge in [-0.15, -0.1) is 0 Å². The zero-order valence-corrected chi connectivity index (χ0v) is 9.19. The van der Waals surface area contributed by atoms with E-state index in [-0.39, 0.29) is 12.3 Å². The quantitative estimate of drug-likeness (QED) is 0.719. The van der Waals surface area contributed by atoms with Crippen molar-refractivity contribution in [1.29, 1.82) is 0 Å². The van der Waals surface area contributed by atoms with Gasteiger partial charge < -0.3 is 14.9 Å². The van der Waals surface area contributed by atoms with Crippen LogP contribution < -0.4 is 5.32 Å². The van der Waals surface area contributed by atoms with E-state index in [1.54, 1.807) is 18.4 Å². The summed E-state index contributed by atoms with van der Waals surface area (Å²) in [5, 5.41) is 3.98. The van der Waals surface area contributed by atoms with Crippen LogP contribution in [0.1, 0.15) is 20.8 Å². The number of ether oxygens (including phenoxy) is 1. The van der Waals surface area contributed by atoms with E-state index in [9.17, 15) is 4.79 Å².